The van der Waals surface area contributed by atoms with Gasteiger partial charge in [0.15, 0.2) is 0 Å². The third kappa shape index (κ3) is 4.32. The fourth-order valence-corrected chi connectivity index (χ4v) is 5.08. The highest BCUT2D eigenvalue weighted by Gasteiger charge is 2.26. The average molecular weight is 455 g/mol. The van der Waals surface area contributed by atoms with Gasteiger partial charge in [-0.3, -0.25) is 14.9 Å². The van der Waals surface area contributed by atoms with Gasteiger partial charge < -0.3 is 4.74 Å². The van der Waals surface area contributed by atoms with Gasteiger partial charge in [0.25, 0.3) is 5.56 Å². The second-order valence-corrected chi connectivity index (χ2v) is 9.79. The van der Waals surface area contributed by atoms with Crippen molar-refractivity contribution in [2.45, 2.75) is 25.7 Å². The van der Waals surface area contributed by atoms with Gasteiger partial charge in [-0.15, -0.1) is 0 Å². The third-order valence-electron chi connectivity index (χ3n) is 5.52. The number of benzene rings is 2. The average Bonchev–Trinajstić information content (AvgIpc) is 3.07. The van der Waals surface area contributed by atoms with Gasteiger partial charge in [-0.05, 0) is 56.7 Å². The Kier molecular flexibility index (Phi) is 6.14. The number of hydrogen-bond donors (Lipinski definition) is 1. The van der Waals surface area contributed by atoms with Crippen LogP contribution in [-0.4, -0.2) is 55.0 Å². The summed E-state index contributed by atoms with van der Waals surface area (Å²) in [6.45, 7) is 7.11. The van der Waals surface area contributed by atoms with Crippen molar-refractivity contribution in [1.29, 1.82) is 0 Å². The Balaban J connectivity index is 1.60. The zero-order chi connectivity index (χ0) is 22.9. The molecule has 0 amide bonds. The normalized spacial score (nSPS) is 15.5. The molecule has 168 valence electrons. The number of H-pyrrole nitrogens is 1. The molecule has 0 unspecified atom stereocenters. The Morgan fingerprint density at radius 3 is 2.38 bits per heavy atom. The summed E-state index contributed by atoms with van der Waals surface area (Å²) < 4.78 is 33.9. The first kappa shape index (κ1) is 22.2. The van der Waals surface area contributed by atoms with E-state index in [0.717, 1.165) is 11.3 Å². The van der Waals surface area contributed by atoms with Crippen molar-refractivity contribution in [1.82, 2.24) is 14.1 Å². The molecule has 2 aromatic carbocycles. The van der Waals surface area contributed by atoms with Crippen molar-refractivity contribution in [3.8, 4) is 5.69 Å². The van der Waals surface area contributed by atoms with E-state index in [9.17, 15) is 13.2 Å². The van der Waals surface area contributed by atoms with Crippen molar-refractivity contribution in [2.75, 3.05) is 26.3 Å². The Bertz CT molecular complexity index is 1320. The first-order valence-corrected chi connectivity index (χ1v) is 11.8. The maximum atomic E-state index is 12.9. The van der Waals surface area contributed by atoms with E-state index >= 15 is 0 Å². The second kappa shape index (κ2) is 8.85. The van der Waals surface area contributed by atoms with Crippen LogP contribution < -0.4 is 5.56 Å². The number of aliphatic imine (C=N–C) groups is 1. The van der Waals surface area contributed by atoms with Gasteiger partial charge in [0, 0.05) is 25.0 Å². The lowest BCUT2D eigenvalue weighted by atomic mass is 10.2. The summed E-state index contributed by atoms with van der Waals surface area (Å²) in [5, 5.41) is 3.08. The van der Waals surface area contributed by atoms with Gasteiger partial charge in [0.05, 0.1) is 35.0 Å². The number of nitrogens with one attached hydrogen (secondary N) is 1. The zero-order valence-corrected chi connectivity index (χ0v) is 19.1. The second-order valence-electron chi connectivity index (χ2n) is 7.85. The van der Waals surface area contributed by atoms with Gasteiger partial charge in [-0.2, -0.15) is 4.31 Å². The predicted molar refractivity (Wildman–Crippen MR) is 124 cm³/mol. The first-order chi connectivity index (χ1) is 15.3. The number of nitrogens with zero attached hydrogens (tertiary/aromatic N) is 3. The number of hydrogen-bond acceptors (Lipinski definition) is 5. The number of aryl methyl sites for hydroxylation is 3. The summed E-state index contributed by atoms with van der Waals surface area (Å²) >= 11 is 0. The van der Waals surface area contributed by atoms with Gasteiger partial charge in [0.1, 0.15) is 0 Å². The van der Waals surface area contributed by atoms with Crippen LogP contribution in [0, 0.1) is 20.8 Å². The van der Waals surface area contributed by atoms with Crippen molar-refractivity contribution >= 4 is 21.9 Å². The molecule has 0 aliphatic carbocycles. The molecule has 2 heterocycles. The fourth-order valence-electron chi connectivity index (χ4n) is 3.59. The number of aromatic amines is 1. The van der Waals surface area contributed by atoms with E-state index in [1.807, 2.05) is 38.1 Å². The predicted octanol–water partition coefficient (Wildman–Crippen LogP) is 2.86. The summed E-state index contributed by atoms with van der Waals surface area (Å²) in [4.78, 5) is 17.6. The third-order valence-corrected chi connectivity index (χ3v) is 7.41. The van der Waals surface area contributed by atoms with E-state index in [-0.39, 0.29) is 10.5 Å². The minimum atomic E-state index is -3.57. The first-order valence-electron chi connectivity index (χ1n) is 10.4. The topological polar surface area (TPSA) is 96.8 Å². The number of aromatic nitrogens is 2. The molecule has 0 atom stereocenters. The van der Waals surface area contributed by atoms with Crippen LogP contribution in [0.25, 0.3) is 5.69 Å². The highest BCUT2D eigenvalue weighted by atomic mass is 32.2. The van der Waals surface area contributed by atoms with Crippen LogP contribution in [0.15, 0.2) is 57.1 Å². The Morgan fingerprint density at radius 1 is 1.03 bits per heavy atom. The Hall–Kier alpha value is -3.01. The molecule has 0 spiro atoms. The van der Waals surface area contributed by atoms with E-state index in [4.69, 9.17) is 4.74 Å². The molecule has 8 nitrogen and oxygen atoms in total. The fraction of sp³-hybridized carbons (Fsp3) is 0.304. The molecule has 1 N–H and O–H groups in total. The minimum Gasteiger partial charge on any atom is -0.379 e. The number of morpholine rings is 1. The largest absolute Gasteiger partial charge is 0.379 e. The quantitative estimate of drug-likeness (QED) is 0.600. The molecule has 1 fully saturated rings. The van der Waals surface area contributed by atoms with Crippen LogP contribution >= 0.6 is 0 Å². The van der Waals surface area contributed by atoms with Crippen molar-refractivity contribution in [3.63, 3.8) is 0 Å². The van der Waals surface area contributed by atoms with E-state index in [2.05, 4.69) is 10.1 Å². The smallest absolute Gasteiger partial charge is 0.280 e. The maximum Gasteiger partial charge on any atom is 0.280 e. The summed E-state index contributed by atoms with van der Waals surface area (Å²) in [7, 11) is -3.57. The Labute approximate surface area is 187 Å². The van der Waals surface area contributed by atoms with Crippen LogP contribution in [0.2, 0.25) is 0 Å². The standard InChI is InChI=1S/C23H26N4O4S/c1-16-4-6-19(7-5-16)27-23(28)21(18(3)25-27)15-24-22-9-8-20(14-17(22)2)32(29,30)26-10-12-31-13-11-26/h4-9,14-15,25H,10-13H2,1-3H3. The van der Waals surface area contributed by atoms with E-state index < -0.39 is 10.0 Å². The zero-order valence-electron chi connectivity index (χ0n) is 18.3. The Morgan fingerprint density at radius 2 is 1.72 bits per heavy atom. The molecule has 9 heteroatoms. The molecule has 0 bridgehead atoms. The van der Waals surface area contributed by atoms with Gasteiger partial charge in [-0.25, -0.2) is 13.1 Å². The van der Waals surface area contributed by atoms with E-state index in [0.29, 0.717) is 48.8 Å². The van der Waals surface area contributed by atoms with Crippen LogP contribution in [0.1, 0.15) is 22.4 Å². The lowest BCUT2D eigenvalue weighted by molar-refractivity contribution is 0.0730. The van der Waals surface area contributed by atoms with Gasteiger partial charge in [0.2, 0.25) is 10.0 Å². The van der Waals surface area contributed by atoms with Gasteiger partial charge in [-0.1, -0.05) is 17.7 Å². The van der Waals surface area contributed by atoms with Gasteiger partial charge >= 0.3 is 0 Å². The van der Waals surface area contributed by atoms with Crippen molar-refractivity contribution < 1.29 is 13.2 Å². The number of rotatable bonds is 5. The molecule has 1 aromatic heterocycles. The van der Waals surface area contributed by atoms with Crippen LogP contribution in [0.5, 0.6) is 0 Å². The maximum absolute atomic E-state index is 12.9. The molecule has 4 rings (SSSR count). The van der Waals surface area contributed by atoms with Crippen LogP contribution in [0.3, 0.4) is 0 Å². The highest BCUT2D eigenvalue weighted by Crippen LogP contribution is 2.25. The van der Waals surface area contributed by atoms with Crippen LogP contribution in [0.4, 0.5) is 5.69 Å². The summed E-state index contributed by atoms with van der Waals surface area (Å²) in [6.07, 6.45) is 1.53. The monoisotopic (exact) mass is 454 g/mol. The number of ether oxygens (including phenoxy) is 1. The molecule has 1 aliphatic rings. The summed E-state index contributed by atoms with van der Waals surface area (Å²) in [5.74, 6) is 0. The molecular weight excluding hydrogens is 428 g/mol. The number of sulfonamides is 1. The van der Waals surface area contributed by atoms with E-state index in [1.54, 1.807) is 25.1 Å². The summed E-state index contributed by atoms with van der Waals surface area (Å²) in [6, 6.07) is 12.5. The lowest BCUT2D eigenvalue weighted by Gasteiger charge is -2.26. The molecule has 1 aliphatic heterocycles. The van der Waals surface area contributed by atoms with Crippen molar-refractivity contribution in [2.24, 2.45) is 4.99 Å². The van der Waals surface area contributed by atoms with Crippen LogP contribution in [-0.2, 0) is 14.8 Å². The molecule has 0 radical (unpaired) electrons. The minimum absolute atomic E-state index is 0.195. The lowest BCUT2D eigenvalue weighted by Crippen LogP contribution is -2.40. The van der Waals surface area contributed by atoms with E-state index in [1.165, 1.54) is 15.2 Å². The SMILES string of the molecule is Cc1ccc(-n2[nH]c(C)c(C=Nc3ccc(S(=O)(=O)N4CCOCC4)cc3C)c2=O)cc1. The molecule has 32 heavy (non-hydrogen) atoms. The molecular formula is C23H26N4O4S. The molecule has 0 saturated carbocycles. The highest BCUT2D eigenvalue weighted by molar-refractivity contribution is 7.89. The molecule has 3 aromatic rings. The molecule has 1 saturated heterocycles. The summed E-state index contributed by atoms with van der Waals surface area (Å²) in [5.41, 5.74) is 4.13. The van der Waals surface area contributed by atoms with Crippen molar-refractivity contribution in [3.05, 3.63) is 75.2 Å².